The first-order chi connectivity index (χ1) is 20.3. The maximum atomic E-state index is 15.1. The lowest BCUT2D eigenvalue weighted by atomic mass is 9.65. The Kier molecular flexibility index (Phi) is 9.52. The van der Waals surface area contributed by atoms with Crippen LogP contribution in [0.15, 0.2) is 30.3 Å². The normalized spacial score (nSPS) is 28.9. The number of benzene rings is 2. The van der Waals surface area contributed by atoms with Gasteiger partial charge < -0.3 is 9.47 Å². The van der Waals surface area contributed by atoms with Crippen molar-refractivity contribution in [3.05, 3.63) is 47.8 Å². The Morgan fingerprint density at radius 2 is 1.05 bits per heavy atom. The van der Waals surface area contributed by atoms with Crippen LogP contribution in [0.1, 0.15) is 84.0 Å². The highest BCUT2D eigenvalue weighted by Gasteiger charge is 2.45. The van der Waals surface area contributed by atoms with Crippen LogP contribution >= 0.6 is 0 Å². The summed E-state index contributed by atoms with van der Waals surface area (Å²) >= 11 is 0. The van der Waals surface area contributed by atoms with Crippen molar-refractivity contribution in [3.8, 4) is 22.6 Å². The monoisotopic (exact) mass is 618 g/mol. The van der Waals surface area contributed by atoms with Crippen LogP contribution < -0.4 is 9.47 Å². The minimum absolute atomic E-state index is 0.257. The molecule has 0 amide bonds. The van der Waals surface area contributed by atoms with Crippen molar-refractivity contribution in [2.24, 2.45) is 35.5 Å². The Hall–Kier alpha value is -2.52. The molecule has 3 aliphatic carbocycles. The van der Waals surface area contributed by atoms with Gasteiger partial charge in [0, 0.05) is 12.1 Å². The van der Waals surface area contributed by atoms with Gasteiger partial charge in [0.15, 0.2) is 11.6 Å². The van der Waals surface area contributed by atoms with E-state index in [1.807, 2.05) is 0 Å². The molecule has 0 spiro atoms. The van der Waals surface area contributed by atoms with E-state index in [2.05, 4.69) is 11.7 Å². The Balaban J connectivity index is 1.15. The minimum atomic E-state index is -5.16. The van der Waals surface area contributed by atoms with E-state index in [9.17, 15) is 26.3 Å². The van der Waals surface area contributed by atoms with E-state index < -0.39 is 58.5 Å². The maximum Gasteiger partial charge on any atom is 0.573 e. The average Bonchev–Trinajstić information content (AvgIpc) is 2.94. The predicted molar refractivity (Wildman–Crippen MR) is 146 cm³/mol. The van der Waals surface area contributed by atoms with Gasteiger partial charge in [0.1, 0.15) is 17.4 Å². The molecule has 3 saturated carbocycles. The van der Waals surface area contributed by atoms with Gasteiger partial charge in [0.25, 0.3) is 0 Å². The maximum absolute atomic E-state index is 15.1. The van der Waals surface area contributed by atoms with Gasteiger partial charge in [-0.1, -0.05) is 25.8 Å². The summed E-state index contributed by atoms with van der Waals surface area (Å²) in [4.78, 5) is 0. The molecule has 0 aromatic heterocycles. The lowest BCUT2D eigenvalue weighted by Gasteiger charge is -2.41. The van der Waals surface area contributed by atoms with Crippen LogP contribution in [0, 0.1) is 53.0 Å². The Morgan fingerprint density at radius 1 is 0.581 bits per heavy atom. The van der Waals surface area contributed by atoms with Gasteiger partial charge in [-0.2, -0.15) is 8.78 Å². The number of rotatable bonds is 7. The molecule has 2 nitrogen and oxygen atoms in total. The molecule has 238 valence electrons. The molecule has 0 heterocycles. The predicted octanol–water partition coefficient (Wildman–Crippen LogP) is 11.1. The molecule has 2 aromatic rings. The van der Waals surface area contributed by atoms with E-state index in [-0.39, 0.29) is 12.8 Å². The molecular formula is C33H38F8O2. The summed E-state index contributed by atoms with van der Waals surface area (Å²) in [5.74, 6) is -3.69. The molecule has 10 heteroatoms. The zero-order valence-electron chi connectivity index (χ0n) is 24.2. The molecule has 0 N–H and O–H groups in total. The number of hydrogen-bond acceptors (Lipinski definition) is 2. The van der Waals surface area contributed by atoms with Gasteiger partial charge in [0.05, 0.1) is 11.5 Å². The van der Waals surface area contributed by atoms with E-state index in [0.29, 0.717) is 48.9 Å². The third-order valence-corrected chi connectivity index (χ3v) is 10.2. The van der Waals surface area contributed by atoms with Crippen molar-refractivity contribution < 1.29 is 44.6 Å². The first-order valence-corrected chi connectivity index (χ1v) is 15.4. The molecule has 0 aliphatic heterocycles. The summed E-state index contributed by atoms with van der Waals surface area (Å²) in [5.41, 5.74) is -1.22. The minimum Gasteiger partial charge on any atom is -0.432 e. The second-order valence-electron chi connectivity index (χ2n) is 12.9. The van der Waals surface area contributed by atoms with Crippen molar-refractivity contribution >= 4 is 0 Å². The number of halogens is 8. The van der Waals surface area contributed by atoms with Crippen LogP contribution in [0.25, 0.3) is 11.1 Å². The zero-order chi connectivity index (χ0) is 30.9. The Morgan fingerprint density at radius 3 is 1.51 bits per heavy atom. The molecule has 3 fully saturated rings. The van der Waals surface area contributed by atoms with Crippen molar-refractivity contribution in [2.45, 2.75) is 96.4 Å². The van der Waals surface area contributed by atoms with Gasteiger partial charge in [0.2, 0.25) is 0 Å². The summed E-state index contributed by atoms with van der Waals surface area (Å²) in [6.45, 7) is 2.33. The Bertz CT molecular complexity index is 1210. The molecule has 0 unspecified atom stereocenters. The van der Waals surface area contributed by atoms with E-state index in [0.717, 1.165) is 36.7 Å². The lowest BCUT2D eigenvalue weighted by molar-refractivity contribution is -0.275. The topological polar surface area (TPSA) is 18.5 Å². The highest BCUT2D eigenvalue weighted by molar-refractivity contribution is 5.66. The van der Waals surface area contributed by atoms with Crippen LogP contribution in [-0.2, 0) is 0 Å². The van der Waals surface area contributed by atoms with Crippen molar-refractivity contribution in [2.75, 3.05) is 0 Å². The van der Waals surface area contributed by atoms with Crippen LogP contribution in [0.2, 0.25) is 0 Å². The SMILES string of the molecule is CC1CCC(C2CCC(C3CCC(C(F)(F)Oc4cc(F)c(-c5ccc(OC(F)(F)F)c(F)c5)c(F)c4)CC3)CC2)CC1. The number of ether oxygens (including phenoxy) is 2. The fraction of sp³-hybridized carbons (Fsp3) is 0.636. The molecule has 0 atom stereocenters. The zero-order valence-corrected chi connectivity index (χ0v) is 24.2. The summed E-state index contributed by atoms with van der Waals surface area (Å²) in [6, 6.07) is 3.03. The van der Waals surface area contributed by atoms with Gasteiger partial charge >= 0.3 is 12.5 Å². The third-order valence-electron chi connectivity index (χ3n) is 10.2. The van der Waals surface area contributed by atoms with E-state index in [1.54, 1.807) is 0 Å². The quantitative estimate of drug-likeness (QED) is 0.288. The number of alkyl halides is 5. The van der Waals surface area contributed by atoms with Crippen molar-refractivity contribution in [1.29, 1.82) is 0 Å². The van der Waals surface area contributed by atoms with Crippen molar-refractivity contribution in [3.63, 3.8) is 0 Å². The van der Waals surface area contributed by atoms with Gasteiger partial charge in [-0.05, 0) is 111 Å². The molecule has 2 aromatic carbocycles. The van der Waals surface area contributed by atoms with Gasteiger partial charge in [-0.15, -0.1) is 13.2 Å². The van der Waals surface area contributed by atoms with Crippen LogP contribution in [-0.4, -0.2) is 12.5 Å². The molecular weight excluding hydrogens is 580 g/mol. The molecule has 0 radical (unpaired) electrons. The summed E-state index contributed by atoms with van der Waals surface area (Å²) in [6.07, 6.45) is 3.14. The smallest absolute Gasteiger partial charge is 0.432 e. The average molecular weight is 619 g/mol. The van der Waals surface area contributed by atoms with E-state index >= 15 is 8.78 Å². The van der Waals surface area contributed by atoms with E-state index in [1.165, 1.54) is 38.5 Å². The Labute approximate surface area is 247 Å². The molecule has 5 rings (SSSR count). The van der Waals surface area contributed by atoms with Crippen molar-refractivity contribution in [1.82, 2.24) is 0 Å². The fourth-order valence-electron chi connectivity index (χ4n) is 7.76. The molecule has 43 heavy (non-hydrogen) atoms. The second-order valence-corrected chi connectivity index (χ2v) is 12.9. The number of hydrogen-bond donors (Lipinski definition) is 0. The lowest BCUT2D eigenvalue weighted by Crippen LogP contribution is -2.38. The molecule has 0 bridgehead atoms. The second kappa shape index (κ2) is 12.8. The summed E-state index contributed by atoms with van der Waals surface area (Å²) in [7, 11) is 0. The summed E-state index contributed by atoms with van der Waals surface area (Å²) in [5, 5.41) is 0. The van der Waals surface area contributed by atoms with Crippen LogP contribution in [0.5, 0.6) is 11.5 Å². The highest BCUT2D eigenvalue weighted by atomic mass is 19.4. The molecule has 3 aliphatic rings. The summed E-state index contributed by atoms with van der Waals surface area (Å²) < 4.78 is 120. The van der Waals surface area contributed by atoms with Crippen LogP contribution in [0.3, 0.4) is 0 Å². The molecule has 0 saturated heterocycles. The first-order valence-electron chi connectivity index (χ1n) is 15.4. The standard InChI is InChI=1S/C33H38F8O2/c1-19-2-4-20(5-3-19)21-6-8-22(9-7-21)23-10-13-25(14-11-23)32(37,38)42-26-17-28(35)31(29(36)18-26)24-12-15-30(27(34)16-24)43-33(39,40)41/h12,15-23,25H,2-11,13-14H2,1H3. The first kappa shape index (κ1) is 31.9. The fourth-order valence-corrected chi connectivity index (χ4v) is 7.76. The third kappa shape index (κ3) is 7.77. The van der Waals surface area contributed by atoms with Gasteiger partial charge in [-0.25, -0.2) is 13.2 Å². The van der Waals surface area contributed by atoms with Crippen LogP contribution in [0.4, 0.5) is 35.1 Å². The van der Waals surface area contributed by atoms with E-state index in [4.69, 9.17) is 4.74 Å². The van der Waals surface area contributed by atoms with Gasteiger partial charge in [-0.3, -0.25) is 0 Å². The highest BCUT2D eigenvalue weighted by Crippen LogP contribution is 2.48. The largest absolute Gasteiger partial charge is 0.573 e.